The highest BCUT2D eigenvalue weighted by Gasteiger charge is 2.29. The van der Waals surface area contributed by atoms with Crippen molar-refractivity contribution in [1.82, 2.24) is 9.88 Å². The summed E-state index contributed by atoms with van der Waals surface area (Å²) >= 11 is 1.71. The first-order valence-corrected chi connectivity index (χ1v) is 7.01. The standard InChI is InChI=1S/C14H15FN2S/c1-10-9-18-14(16-10)8-17-7-6-13(17)11-2-4-12(15)5-3-11/h2-5,9,13H,6-8H2,1H3/t13-/m0/s1. The van der Waals surface area contributed by atoms with E-state index in [1.165, 1.54) is 10.6 Å². The Morgan fingerprint density at radius 2 is 2.17 bits per heavy atom. The minimum atomic E-state index is -0.167. The molecule has 1 saturated heterocycles. The van der Waals surface area contributed by atoms with Crippen LogP contribution in [0.4, 0.5) is 4.39 Å². The number of thiazole rings is 1. The van der Waals surface area contributed by atoms with E-state index in [0.29, 0.717) is 6.04 Å². The second kappa shape index (κ2) is 4.78. The maximum Gasteiger partial charge on any atom is 0.123 e. The molecule has 0 amide bonds. The molecule has 0 unspecified atom stereocenters. The van der Waals surface area contributed by atoms with Crippen molar-refractivity contribution in [2.24, 2.45) is 0 Å². The summed E-state index contributed by atoms with van der Waals surface area (Å²) in [6.45, 7) is 4.02. The third-order valence-corrected chi connectivity index (χ3v) is 4.34. The number of hydrogen-bond acceptors (Lipinski definition) is 3. The van der Waals surface area contributed by atoms with Gasteiger partial charge < -0.3 is 0 Å². The fraction of sp³-hybridized carbons (Fsp3) is 0.357. The van der Waals surface area contributed by atoms with E-state index in [4.69, 9.17) is 0 Å². The lowest BCUT2D eigenvalue weighted by Gasteiger charge is -2.40. The van der Waals surface area contributed by atoms with Crippen LogP contribution in [0.5, 0.6) is 0 Å². The van der Waals surface area contributed by atoms with E-state index in [2.05, 4.69) is 15.3 Å². The molecule has 1 fully saturated rings. The van der Waals surface area contributed by atoms with Crippen LogP contribution in [-0.4, -0.2) is 16.4 Å². The van der Waals surface area contributed by atoms with Crippen molar-refractivity contribution >= 4 is 11.3 Å². The fourth-order valence-electron chi connectivity index (χ4n) is 2.34. The van der Waals surface area contributed by atoms with Crippen LogP contribution >= 0.6 is 11.3 Å². The van der Waals surface area contributed by atoms with Gasteiger partial charge in [0.2, 0.25) is 0 Å². The summed E-state index contributed by atoms with van der Waals surface area (Å²) in [4.78, 5) is 6.89. The molecule has 18 heavy (non-hydrogen) atoms. The average Bonchev–Trinajstić information content (AvgIpc) is 2.74. The smallest absolute Gasteiger partial charge is 0.123 e. The van der Waals surface area contributed by atoms with Crippen LogP contribution in [-0.2, 0) is 6.54 Å². The first kappa shape index (κ1) is 11.8. The van der Waals surface area contributed by atoms with Crippen LogP contribution in [0.15, 0.2) is 29.6 Å². The minimum Gasteiger partial charge on any atom is -0.290 e. The van der Waals surface area contributed by atoms with E-state index in [-0.39, 0.29) is 5.82 Å². The molecule has 0 N–H and O–H groups in total. The number of nitrogens with zero attached hydrogens (tertiary/aromatic N) is 2. The van der Waals surface area contributed by atoms with Gasteiger partial charge in [0.1, 0.15) is 10.8 Å². The molecule has 1 aliphatic rings. The number of aromatic nitrogens is 1. The van der Waals surface area contributed by atoms with Gasteiger partial charge in [-0.2, -0.15) is 0 Å². The number of benzene rings is 1. The Labute approximate surface area is 110 Å². The van der Waals surface area contributed by atoms with Crippen molar-refractivity contribution in [3.8, 4) is 0 Å². The molecule has 1 atom stereocenters. The molecule has 0 saturated carbocycles. The monoisotopic (exact) mass is 262 g/mol. The lowest BCUT2D eigenvalue weighted by molar-refractivity contribution is 0.0817. The van der Waals surface area contributed by atoms with Crippen molar-refractivity contribution in [2.45, 2.75) is 25.9 Å². The number of aryl methyl sites for hydroxylation is 1. The molecule has 94 valence electrons. The maximum absolute atomic E-state index is 12.9. The second-order valence-corrected chi connectivity index (χ2v) is 5.65. The van der Waals surface area contributed by atoms with Gasteiger partial charge in [-0.1, -0.05) is 12.1 Å². The zero-order valence-electron chi connectivity index (χ0n) is 10.3. The zero-order valence-corrected chi connectivity index (χ0v) is 11.1. The van der Waals surface area contributed by atoms with Crippen LogP contribution in [0.25, 0.3) is 0 Å². The first-order chi connectivity index (χ1) is 8.72. The molecule has 0 aliphatic carbocycles. The average molecular weight is 262 g/mol. The van der Waals surface area contributed by atoms with Crippen molar-refractivity contribution < 1.29 is 4.39 Å². The van der Waals surface area contributed by atoms with Gasteiger partial charge in [-0.25, -0.2) is 9.37 Å². The van der Waals surface area contributed by atoms with E-state index in [1.54, 1.807) is 23.5 Å². The summed E-state index contributed by atoms with van der Waals surface area (Å²) in [7, 11) is 0. The van der Waals surface area contributed by atoms with Gasteiger partial charge in [-0.3, -0.25) is 4.90 Å². The number of hydrogen-bond donors (Lipinski definition) is 0. The Morgan fingerprint density at radius 3 is 2.72 bits per heavy atom. The van der Waals surface area contributed by atoms with Crippen LogP contribution in [0, 0.1) is 12.7 Å². The van der Waals surface area contributed by atoms with Gasteiger partial charge in [-0.15, -0.1) is 11.3 Å². The van der Waals surface area contributed by atoms with E-state index < -0.39 is 0 Å². The molecule has 3 rings (SSSR count). The van der Waals surface area contributed by atoms with E-state index in [1.807, 2.05) is 19.1 Å². The summed E-state index contributed by atoms with van der Waals surface area (Å²) in [6, 6.07) is 7.28. The van der Waals surface area contributed by atoms with Gasteiger partial charge in [0.05, 0.1) is 6.54 Å². The van der Waals surface area contributed by atoms with Crippen molar-refractivity contribution in [2.75, 3.05) is 6.54 Å². The summed E-state index contributed by atoms with van der Waals surface area (Å²) in [5, 5.41) is 3.25. The summed E-state index contributed by atoms with van der Waals surface area (Å²) < 4.78 is 12.9. The van der Waals surface area contributed by atoms with Crippen LogP contribution in [0.3, 0.4) is 0 Å². The fourth-order valence-corrected chi connectivity index (χ4v) is 3.14. The molecule has 1 aromatic heterocycles. The van der Waals surface area contributed by atoms with Crippen molar-refractivity contribution in [3.63, 3.8) is 0 Å². The van der Waals surface area contributed by atoms with Crippen LogP contribution < -0.4 is 0 Å². The molecular formula is C14H15FN2S. The molecule has 1 aliphatic heterocycles. The normalized spacial score (nSPS) is 19.8. The lowest BCUT2D eigenvalue weighted by Crippen LogP contribution is -2.40. The molecule has 2 aromatic rings. The molecule has 0 radical (unpaired) electrons. The van der Waals surface area contributed by atoms with E-state index >= 15 is 0 Å². The number of likely N-dealkylation sites (tertiary alicyclic amines) is 1. The molecule has 2 nitrogen and oxygen atoms in total. The maximum atomic E-state index is 12.9. The number of halogens is 1. The predicted octanol–water partition coefficient (Wildman–Crippen LogP) is 3.54. The highest BCUT2D eigenvalue weighted by Crippen LogP contribution is 2.34. The molecule has 0 bridgehead atoms. The highest BCUT2D eigenvalue weighted by molar-refractivity contribution is 7.09. The van der Waals surface area contributed by atoms with Gasteiger partial charge in [0.25, 0.3) is 0 Å². The largest absolute Gasteiger partial charge is 0.290 e. The Hall–Kier alpha value is -1.26. The second-order valence-electron chi connectivity index (χ2n) is 4.71. The molecule has 1 aromatic carbocycles. The van der Waals surface area contributed by atoms with Gasteiger partial charge in [0.15, 0.2) is 0 Å². The molecule has 4 heteroatoms. The summed E-state index contributed by atoms with van der Waals surface area (Å²) in [5.74, 6) is -0.167. The minimum absolute atomic E-state index is 0.167. The molecule has 0 spiro atoms. The zero-order chi connectivity index (χ0) is 12.5. The van der Waals surface area contributed by atoms with Gasteiger partial charge in [0, 0.05) is 23.7 Å². The SMILES string of the molecule is Cc1csc(CN2CC[C@H]2c2ccc(F)cc2)n1. The topological polar surface area (TPSA) is 16.1 Å². The third-order valence-electron chi connectivity index (χ3n) is 3.39. The van der Waals surface area contributed by atoms with E-state index in [9.17, 15) is 4.39 Å². The third kappa shape index (κ3) is 2.31. The lowest BCUT2D eigenvalue weighted by atomic mass is 9.95. The Balaban J connectivity index is 1.70. The molecular weight excluding hydrogens is 247 g/mol. The van der Waals surface area contributed by atoms with Crippen molar-refractivity contribution in [1.29, 1.82) is 0 Å². The Kier molecular flexibility index (Phi) is 3.14. The van der Waals surface area contributed by atoms with Crippen LogP contribution in [0.1, 0.15) is 28.7 Å². The summed E-state index contributed by atoms with van der Waals surface area (Å²) in [6.07, 6.45) is 1.15. The van der Waals surface area contributed by atoms with E-state index in [0.717, 1.165) is 25.2 Å². The van der Waals surface area contributed by atoms with Crippen LogP contribution in [0.2, 0.25) is 0 Å². The Morgan fingerprint density at radius 1 is 1.39 bits per heavy atom. The molecule has 2 heterocycles. The van der Waals surface area contributed by atoms with Gasteiger partial charge >= 0.3 is 0 Å². The first-order valence-electron chi connectivity index (χ1n) is 6.13. The summed E-state index contributed by atoms with van der Waals surface area (Å²) in [5.41, 5.74) is 2.30. The van der Waals surface area contributed by atoms with Crippen molar-refractivity contribution in [3.05, 3.63) is 51.7 Å². The van der Waals surface area contributed by atoms with Gasteiger partial charge in [-0.05, 0) is 31.0 Å². The highest BCUT2D eigenvalue weighted by atomic mass is 32.1. The Bertz CT molecular complexity index is 535. The quantitative estimate of drug-likeness (QED) is 0.841. The number of rotatable bonds is 3. The predicted molar refractivity (Wildman–Crippen MR) is 71.0 cm³/mol.